The first kappa shape index (κ1) is 29.8. The van der Waals surface area contributed by atoms with Crippen LogP contribution in [0.5, 0.6) is 0 Å². The first-order valence-corrected chi connectivity index (χ1v) is 14.9. The second kappa shape index (κ2) is 10.1. The highest BCUT2D eigenvalue weighted by Gasteiger charge is 2.85. The molecule has 224 valence electrons. The minimum absolute atomic E-state index is 0. The molecule has 5 aliphatic rings. The normalized spacial score (nSPS) is 34.4. The summed E-state index contributed by atoms with van der Waals surface area (Å²) in [7, 11) is 0. The van der Waals surface area contributed by atoms with Crippen molar-refractivity contribution in [2.45, 2.75) is 117 Å². The van der Waals surface area contributed by atoms with Gasteiger partial charge in [0.05, 0.1) is 0 Å². The van der Waals surface area contributed by atoms with Crippen LogP contribution >= 0.6 is 0 Å². The van der Waals surface area contributed by atoms with Crippen LogP contribution in [0, 0.1) is 22.2 Å². The molecular formula is C30H54N4O5. The number of aliphatic hydroxyl groups excluding tert-OH is 1. The summed E-state index contributed by atoms with van der Waals surface area (Å²) in [6.07, 6.45) is 6.46. The Morgan fingerprint density at radius 2 is 1.69 bits per heavy atom. The fourth-order valence-electron chi connectivity index (χ4n) is 8.01. The fraction of sp³-hybridized carbons (Fsp3) is 0.833. The fourth-order valence-corrected chi connectivity index (χ4v) is 8.01. The van der Waals surface area contributed by atoms with Crippen molar-refractivity contribution < 1.29 is 27.1 Å². The molecule has 1 unspecified atom stereocenters. The second-order valence-corrected chi connectivity index (χ2v) is 13.6. The lowest BCUT2D eigenvalue weighted by Gasteiger charge is -2.32. The van der Waals surface area contributed by atoms with Gasteiger partial charge in [-0.3, -0.25) is 19.4 Å². The molecule has 2 aliphatic heterocycles. The van der Waals surface area contributed by atoms with Gasteiger partial charge in [-0.1, -0.05) is 40.2 Å². The van der Waals surface area contributed by atoms with Crippen molar-refractivity contribution in [2.75, 3.05) is 19.6 Å². The molecule has 0 aromatic heterocycles. The SMILES string of the molecule is C=C[C@@H]1C[C@]1(NC(=O)[C@@H]1C[C@@]2(CN1C(=O)OC(C)(C)C)C(C)(C)C21CCC1)C(=O)NC(O)N1CCCC1.CC.[HH].[HH]. The van der Waals surface area contributed by atoms with Gasteiger partial charge in [0.2, 0.25) is 11.8 Å². The number of ether oxygens (including phenoxy) is 1. The van der Waals surface area contributed by atoms with Crippen molar-refractivity contribution in [1.82, 2.24) is 20.4 Å². The summed E-state index contributed by atoms with van der Waals surface area (Å²) in [5.74, 6) is -0.984. The van der Waals surface area contributed by atoms with Gasteiger partial charge in [0, 0.05) is 33.8 Å². The molecule has 5 fully saturated rings. The summed E-state index contributed by atoms with van der Waals surface area (Å²) in [5, 5.41) is 16.3. The number of likely N-dealkylation sites (tertiary alicyclic amines) is 2. The van der Waals surface area contributed by atoms with E-state index in [2.05, 4.69) is 31.1 Å². The van der Waals surface area contributed by atoms with E-state index in [9.17, 15) is 19.5 Å². The minimum atomic E-state index is -1.16. The summed E-state index contributed by atoms with van der Waals surface area (Å²) in [6.45, 7) is 19.8. The molecule has 3 N–H and O–H groups in total. The lowest BCUT2D eigenvalue weighted by Crippen LogP contribution is -2.59. The topological polar surface area (TPSA) is 111 Å². The summed E-state index contributed by atoms with van der Waals surface area (Å²) in [6, 6.07) is -0.714. The predicted octanol–water partition coefficient (Wildman–Crippen LogP) is 4.26. The Bertz CT molecular complexity index is 1010. The minimum Gasteiger partial charge on any atom is -0.444 e. The van der Waals surface area contributed by atoms with Gasteiger partial charge in [-0.05, 0) is 70.1 Å². The third kappa shape index (κ3) is 4.57. The van der Waals surface area contributed by atoms with E-state index >= 15 is 0 Å². The molecule has 9 nitrogen and oxygen atoms in total. The van der Waals surface area contributed by atoms with Crippen LogP contribution in [0.15, 0.2) is 12.7 Å². The third-order valence-corrected chi connectivity index (χ3v) is 10.5. The van der Waals surface area contributed by atoms with Crippen LogP contribution in [0.3, 0.4) is 0 Å². The van der Waals surface area contributed by atoms with E-state index in [1.54, 1.807) is 11.0 Å². The van der Waals surface area contributed by atoms with Crippen molar-refractivity contribution in [3.05, 3.63) is 12.7 Å². The number of nitrogens with zero attached hydrogens (tertiary/aromatic N) is 2. The third-order valence-electron chi connectivity index (χ3n) is 10.5. The first-order valence-electron chi connectivity index (χ1n) is 14.9. The zero-order chi connectivity index (χ0) is 29.0. The van der Waals surface area contributed by atoms with Gasteiger partial charge in [-0.2, -0.15) is 0 Å². The molecule has 0 aromatic rings. The van der Waals surface area contributed by atoms with Gasteiger partial charge < -0.3 is 20.5 Å². The molecule has 0 radical (unpaired) electrons. The smallest absolute Gasteiger partial charge is 0.410 e. The Morgan fingerprint density at radius 3 is 2.15 bits per heavy atom. The Balaban J connectivity index is 0.00000144. The predicted molar refractivity (Wildman–Crippen MR) is 154 cm³/mol. The molecule has 3 amide bonds. The maximum Gasteiger partial charge on any atom is 0.410 e. The van der Waals surface area contributed by atoms with Crippen LogP contribution in [0.4, 0.5) is 4.79 Å². The van der Waals surface area contributed by atoms with Crippen molar-refractivity contribution in [3.63, 3.8) is 0 Å². The summed E-state index contributed by atoms with van der Waals surface area (Å²) in [5.41, 5.74) is -1.78. The van der Waals surface area contributed by atoms with Crippen LogP contribution in [0.2, 0.25) is 0 Å². The number of hydrogen-bond acceptors (Lipinski definition) is 6. The lowest BCUT2D eigenvalue weighted by molar-refractivity contribution is -0.136. The van der Waals surface area contributed by atoms with Gasteiger partial charge in [0.15, 0.2) is 6.35 Å². The Hall–Kier alpha value is -2.13. The number of hydrogen-bond donors (Lipinski definition) is 3. The van der Waals surface area contributed by atoms with Gasteiger partial charge >= 0.3 is 6.09 Å². The van der Waals surface area contributed by atoms with E-state index in [0.717, 1.165) is 38.8 Å². The van der Waals surface area contributed by atoms with E-state index in [4.69, 9.17) is 4.74 Å². The van der Waals surface area contributed by atoms with Gasteiger partial charge in [-0.25, -0.2) is 4.79 Å². The van der Waals surface area contributed by atoms with Gasteiger partial charge in [-0.15, -0.1) is 6.58 Å². The van der Waals surface area contributed by atoms with Crippen molar-refractivity contribution in [1.29, 1.82) is 0 Å². The molecule has 5 rings (SSSR count). The lowest BCUT2D eigenvalue weighted by atomic mass is 9.73. The Morgan fingerprint density at radius 1 is 1.08 bits per heavy atom. The molecule has 3 aliphatic carbocycles. The molecule has 39 heavy (non-hydrogen) atoms. The first-order chi connectivity index (χ1) is 18.2. The highest BCUT2D eigenvalue weighted by atomic mass is 16.6. The molecule has 9 heteroatoms. The number of aliphatic hydroxyl groups is 1. The molecule has 2 heterocycles. The summed E-state index contributed by atoms with van der Waals surface area (Å²) < 4.78 is 5.73. The summed E-state index contributed by atoms with van der Waals surface area (Å²) >= 11 is 0. The number of amides is 3. The van der Waals surface area contributed by atoms with Crippen molar-refractivity contribution in [3.8, 4) is 0 Å². The quantitative estimate of drug-likeness (QED) is 0.337. The van der Waals surface area contributed by atoms with Crippen molar-refractivity contribution >= 4 is 17.9 Å². The Labute approximate surface area is 237 Å². The highest BCUT2D eigenvalue weighted by Crippen LogP contribution is 2.88. The van der Waals surface area contributed by atoms with E-state index in [1.165, 1.54) is 6.42 Å². The molecule has 3 saturated carbocycles. The number of fused-ring (bicyclic) bond motifs is 1. The zero-order valence-electron chi connectivity index (χ0n) is 25.1. The standard InChI is InChI=1S/C28H44N4O5.C2H6.2H2/c1-7-18-15-28(18,21(34)29-22(35)31-13-8-9-14-31)30-20(33)19-16-27(25(5,6)26(27)11-10-12-26)17-32(19)23(36)37-24(2,3)4;1-2;;/h7,18-19,22,35H,1,8-17H2,2-6H3,(H,29,34)(H,30,33);1-2H3;2*1H/t18-,19+,22?,27-,28-;;;/m1.../s1. The van der Waals surface area contributed by atoms with Crippen LogP contribution < -0.4 is 10.6 Å². The molecule has 5 atom stereocenters. The van der Waals surface area contributed by atoms with E-state index in [0.29, 0.717) is 19.4 Å². The zero-order valence-corrected chi connectivity index (χ0v) is 25.1. The van der Waals surface area contributed by atoms with Crippen molar-refractivity contribution in [2.24, 2.45) is 22.2 Å². The highest BCUT2D eigenvalue weighted by molar-refractivity contribution is 5.97. The molecule has 2 spiro atoms. The van der Waals surface area contributed by atoms with Gasteiger partial charge in [0.1, 0.15) is 17.2 Å². The largest absolute Gasteiger partial charge is 0.444 e. The second-order valence-electron chi connectivity index (χ2n) is 13.6. The monoisotopic (exact) mass is 550 g/mol. The van der Waals surface area contributed by atoms with E-state index in [1.807, 2.05) is 39.5 Å². The number of rotatable bonds is 6. The average molecular weight is 551 g/mol. The summed E-state index contributed by atoms with van der Waals surface area (Å²) in [4.78, 5) is 44.0. The number of carbonyl (C=O) groups is 3. The van der Waals surface area contributed by atoms with Crippen LogP contribution in [-0.2, 0) is 14.3 Å². The van der Waals surface area contributed by atoms with E-state index in [-0.39, 0.29) is 30.9 Å². The molecule has 0 bridgehead atoms. The molecular weight excluding hydrogens is 496 g/mol. The van der Waals surface area contributed by atoms with E-state index < -0.39 is 35.5 Å². The number of nitrogens with one attached hydrogen (secondary N) is 2. The Kier molecular flexibility index (Phi) is 7.69. The maximum absolute atomic E-state index is 13.9. The average Bonchev–Trinajstić information content (AvgIpc) is 3.33. The molecule has 2 saturated heterocycles. The maximum atomic E-state index is 13.9. The molecule has 0 aromatic carbocycles. The van der Waals surface area contributed by atoms with Crippen LogP contribution in [0.25, 0.3) is 0 Å². The van der Waals surface area contributed by atoms with Crippen LogP contribution in [0.1, 0.15) is 96.3 Å². The van der Waals surface area contributed by atoms with Crippen LogP contribution in [-0.4, -0.2) is 76.0 Å². The number of carbonyl (C=O) groups excluding carboxylic acids is 3. The van der Waals surface area contributed by atoms with Gasteiger partial charge in [0.25, 0.3) is 0 Å².